The van der Waals surface area contributed by atoms with Crippen molar-refractivity contribution in [2.24, 2.45) is 0 Å². The van der Waals surface area contributed by atoms with E-state index in [0.717, 1.165) is 48.9 Å². The minimum absolute atomic E-state index is 0.607. The summed E-state index contributed by atoms with van der Waals surface area (Å²) in [7, 11) is 0. The number of fused-ring (bicyclic) bond motifs is 11. The lowest BCUT2D eigenvalue weighted by atomic mass is 9.93. The van der Waals surface area contributed by atoms with Gasteiger partial charge in [-0.2, -0.15) is 0 Å². The third kappa shape index (κ3) is 4.75. The molecular formula is C51H29N3OS. The highest BCUT2D eigenvalue weighted by molar-refractivity contribution is 7.27. The topological polar surface area (TPSA) is 51.8 Å². The molecule has 0 atom stereocenters. The van der Waals surface area contributed by atoms with Gasteiger partial charge < -0.3 is 4.42 Å². The van der Waals surface area contributed by atoms with Gasteiger partial charge in [0.05, 0.1) is 0 Å². The standard InChI is InChI=1S/C51H29N3OS/c1-2-13-31(14-3-1)49-52-50(54-51(53-49)42-22-10-20-38-39-26-24-30-12-4-7-17-35(30)47(39)56-48(38)42)41-21-11-23-44-46(41)40-27-25-33(29-45(40)55-44)43-28-32-15-5-6-16-34(32)36-18-8-9-19-37(36)43/h1-29H. The SMILES string of the molecule is c1ccc(-c2nc(-c3cccc4c3sc3c5ccccc5ccc43)nc(-c3cccc4oc5cc(-c6cc7ccccc7c7ccccc67)ccc5c34)n2)cc1. The maximum absolute atomic E-state index is 6.66. The Morgan fingerprint density at radius 3 is 1.86 bits per heavy atom. The molecule has 9 aromatic carbocycles. The summed E-state index contributed by atoms with van der Waals surface area (Å²) in [5, 5.41) is 11.9. The number of aromatic nitrogens is 3. The van der Waals surface area contributed by atoms with Crippen LogP contribution in [0.15, 0.2) is 180 Å². The van der Waals surface area contributed by atoms with Crippen LogP contribution < -0.4 is 0 Å². The third-order valence-electron chi connectivity index (χ3n) is 11.1. The molecule has 0 amide bonds. The predicted molar refractivity (Wildman–Crippen MR) is 234 cm³/mol. The van der Waals surface area contributed by atoms with E-state index in [1.807, 2.05) is 30.3 Å². The van der Waals surface area contributed by atoms with Gasteiger partial charge in [-0.05, 0) is 73.8 Å². The van der Waals surface area contributed by atoms with Crippen molar-refractivity contribution in [3.05, 3.63) is 176 Å². The fourth-order valence-electron chi connectivity index (χ4n) is 8.51. The van der Waals surface area contributed by atoms with Crippen LogP contribution in [0.5, 0.6) is 0 Å². The minimum atomic E-state index is 0.607. The molecule has 0 N–H and O–H groups in total. The third-order valence-corrected chi connectivity index (χ3v) is 12.4. The molecule has 3 aromatic heterocycles. The highest BCUT2D eigenvalue weighted by Gasteiger charge is 2.21. The van der Waals surface area contributed by atoms with Gasteiger partial charge >= 0.3 is 0 Å². The number of thiophene rings is 1. The molecular weight excluding hydrogens is 703 g/mol. The number of nitrogens with zero attached hydrogens (tertiary/aromatic N) is 3. The fraction of sp³-hybridized carbons (Fsp3) is 0. The van der Waals surface area contributed by atoms with Crippen LogP contribution in [-0.2, 0) is 0 Å². The first-order chi connectivity index (χ1) is 27.7. The molecule has 12 rings (SSSR count). The summed E-state index contributed by atoms with van der Waals surface area (Å²) in [5.41, 5.74) is 6.73. The van der Waals surface area contributed by atoms with Gasteiger partial charge in [0.1, 0.15) is 11.2 Å². The highest BCUT2D eigenvalue weighted by Crippen LogP contribution is 2.44. The average Bonchev–Trinajstić information content (AvgIpc) is 3.85. The van der Waals surface area contributed by atoms with Crippen molar-refractivity contribution in [1.82, 2.24) is 15.0 Å². The Labute approximate surface area is 325 Å². The number of benzene rings is 9. The molecule has 5 heteroatoms. The smallest absolute Gasteiger partial charge is 0.165 e. The van der Waals surface area contributed by atoms with Gasteiger partial charge in [-0.15, -0.1) is 11.3 Å². The van der Waals surface area contributed by atoms with Crippen LogP contribution in [-0.4, -0.2) is 15.0 Å². The van der Waals surface area contributed by atoms with Crippen molar-refractivity contribution in [3.8, 4) is 45.3 Å². The van der Waals surface area contributed by atoms with Crippen LogP contribution >= 0.6 is 11.3 Å². The number of hydrogen-bond donors (Lipinski definition) is 0. The molecule has 0 bridgehead atoms. The predicted octanol–water partition coefficient (Wildman–Crippen LogP) is 14.3. The van der Waals surface area contributed by atoms with Crippen molar-refractivity contribution in [3.63, 3.8) is 0 Å². The van der Waals surface area contributed by atoms with Crippen molar-refractivity contribution in [2.45, 2.75) is 0 Å². The molecule has 0 radical (unpaired) electrons. The lowest BCUT2D eigenvalue weighted by molar-refractivity contribution is 0.669. The van der Waals surface area contributed by atoms with Crippen LogP contribution in [0.2, 0.25) is 0 Å². The lowest BCUT2D eigenvalue weighted by Gasteiger charge is -2.11. The van der Waals surface area contributed by atoms with E-state index in [2.05, 4.69) is 146 Å². The van der Waals surface area contributed by atoms with E-state index in [-0.39, 0.29) is 0 Å². The normalized spacial score (nSPS) is 11.9. The van der Waals surface area contributed by atoms with Crippen LogP contribution in [0.25, 0.3) is 120 Å². The van der Waals surface area contributed by atoms with Gasteiger partial charge in [0.25, 0.3) is 0 Å². The molecule has 12 aromatic rings. The van der Waals surface area contributed by atoms with Gasteiger partial charge in [0, 0.05) is 47.6 Å². The number of hydrogen-bond acceptors (Lipinski definition) is 5. The van der Waals surface area contributed by atoms with Gasteiger partial charge in [0.2, 0.25) is 0 Å². The first-order valence-corrected chi connectivity index (χ1v) is 19.6. The van der Waals surface area contributed by atoms with E-state index < -0.39 is 0 Å². The van der Waals surface area contributed by atoms with Crippen molar-refractivity contribution < 1.29 is 4.42 Å². The van der Waals surface area contributed by atoms with E-state index in [4.69, 9.17) is 19.4 Å². The monoisotopic (exact) mass is 731 g/mol. The maximum atomic E-state index is 6.66. The largest absolute Gasteiger partial charge is 0.456 e. The van der Waals surface area contributed by atoms with E-state index in [0.29, 0.717) is 17.5 Å². The van der Waals surface area contributed by atoms with E-state index in [1.165, 1.54) is 53.4 Å². The van der Waals surface area contributed by atoms with Gasteiger partial charge in [0.15, 0.2) is 17.5 Å². The minimum Gasteiger partial charge on any atom is -0.456 e. The molecule has 56 heavy (non-hydrogen) atoms. The Hall–Kier alpha value is -7.21. The fourth-order valence-corrected chi connectivity index (χ4v) is 9.85. The van der Waals surface area contributed by atoms with Crippen molar-refractivity contribution in [2.75, 3.05) is 0 Å². The Kier molecular flexibility index (Phi) is 6.76. The van der Waals surface area contributed by atoms with Gasteiger partial charge in [-0.3, -0.25) is 0 Å². The summed E-state index contributed by atoms with van der Waals surface area (Å²) in [6.07, 6.45) is 0. The second-order valence-corrected chi connectivity index (χ2v) is 15.3. The second-order valence-electron chi connectivity index (χ2n) is 14.3. The number of furan rings is 1. The average molecular weight is 732 g/mol. The lowest BCUT2D eigenvalue weighted by Crippen LogP contribution is -2.00. The molecule has 0 aliphatic heterocycles. The second kappa shape index (κ2) is 12.2. The quantitative estimate of drug-likeness (QED) is 0.169. The molecule has 0 spiro atoms. The first-order valence-electron chi connectivity index (χ1n) is 18.8. The van der Waals surface area contributed by atoms with Crippen molar-refractivity contribution >= 4 is 85.8 Å². The summed E-state index contributed by atoms with van der Waals surface area (Å²) in [6.45, 7) is 0. The number of rotatable bonds is 4. The molecule has 0 fully saturated rings. The Morgan fingerprint density at radius 1 is 0.339 bits per heavy atom. The molecule has 0 saturated heterocycles. The molecule has 260 valence electrons. The maximum Gasteiger partial charge on any atom is 0.165 e. The van der Waals surface area contributed by atoms with E-state index in [9.17, 15) is 0 Å². The van der Waals surface area contributed by atoms with E-state index in [1.54, 1.807) is 11.3 Å². The highest BCUT2D eigenvalue weighted by atomic mass is 32.1. The molecule has 0 aliphatic rings. The summed E-state index contributed by atoms with van der Waals surface area (Å²) in [4.78, 5) is 15.6. The summed E-state index contributed by atoms with van der Waals surface area (Å²) in [6, 6.07) is 62.0. The molecule has 3 heterocycles. The van der Waals surface area contributed by atoms with Crippen molar-refractivity contribution in [1.29, 1.82) is 0 Å². The molecule has 0 aliphatic carbocycles. The summed E-state index contributed by atoms with van der Waals surface area (Å²) < 4.78 is 9.10. The van der Waals surface area contributed by atoms with Crippen LogP contribution in [0.1, 0.15) is 0 Å². The van der Waals surface area contributed by atoms with E-state index >= 15 is 0 Å². The van der Waals surface area contributed by atoms with Gasteiger partial charge in [-0.25, -0.2) is 15.0 Å². The molecule has 0 saturated carbocycles. The Balaban J connectivity index is 1.07. The Bertz CT molecular complexity index is 3550. The molecule has 4 nitrogen and oxygen atoms in total. The van der Waals surface area contributed by atoms with Crippen LogP contribution in [0, 0.1) is 0 Å². The van der Waals surface area contributed by atoms with Crippen LogP contribution in [0.3, 0.4) is 0 Å². The van der Waals surface area contributed by atoms with Crippen LogP contribution in [0.4, 0.5) is 0 Å². The zero-order valence-corrected chi connectivity index (χ0v) is 30.7. The Morgan fingerprint density at radius 2 is 0.982 bits per heavy atom. The zero-order chi connectivity index (χ0) is 36.7. The summed E-state index contributed by atoms with van der Waals surface area (Å²) >= 11 is 1.81. The van der Waals surface area contributed by atoms with Gasteiger partial charge in [-0.1, -0.05) is 146 Å². The first kappa shape index (κ1) is 31.2. The summed E-state index contributed by atoms with van der Waals surface area (Å²) in [5.74, 6) is 1.88. The zero-order valence-electron chi connectivity index (χ0n) is 29.9. The molecule has 0 unspecified atom stereocenters.